The van der Waals surface area contributed by atoms with Crippen molar-refractivity contribution < 1.29 is 30.6 Å². The van der Waals surface area contributed by atoms with Gasteiger partial charge >= 0.3 is 10.4 Å². The van der Waals surface area contributed by atoms with Gasteiger partial charge in [0.2, 0.25) is 0 Å². The topological polar surface area (TPSA) is 102 Å². The van der Waals surface area contributed by atoms with E-state index in [2.05, 4.69) is 14.5 Å². The van der Waals surface area contributed by atoms with E-state index in [4.69, 9.17) is 0 Å². The highest BCUT2D eigenvalue weighted by Gasteiger charge is 2.72. The van der Waals surface area contributed by atoms with E-state index in [9.17, 15) is 22.0 Å². The van der Waals surface area contributed by atoms with Gasteiger partial charge in [-0.3, -0.25) is 4.79 Å². The van der Waals surface area contributed by atoms with Crippen LogP contribution in [0.2, 0.25) is 0 Å². The maximum absolute atomic E-state index is 12.7. The van der Waals surface area contributed by atoms with Crippen molar-refractivity contribution in [3.8, 4) is 0 Å². The Morgan fingerprint density at radius 3 is 2.74 bits per heavy atom. The number of β-lactam (4-membered cyclic amide) rings is 1. The second-order valence-corrected chi connectivity index (χ2v) is 5.56. The first-order chi connectivity index (χ1) is 8.83. The number of hydrogen-bond donors (Lipinski definition) is 1. The van der Waals surface area contributed by atoms with E-state index >= 15 is 0 Å². The van der Waals surface area contributed by atoms with Gasteiger partial charge in [0, 0.05) is 6.20 Å². The number of alkyl halides is 2. The van der Waals surface area contributed by atoms with Crippen LogP contribution in [0, 0.1) is 0 Å². The fraction of sp³-hybridized carbons (Fsp3) is 0.625. The minimum Gasteiger partial charge on any atom is -0.348 e. The molecular weight excluding hydrogens is 288 g/mol. The predicted octanol–water partition coefficient (Wildman–Crippen LogP) is -0.781. The highest BCUT2D eigenvalue weighted by molar-refractivity contribution is 7.81. The van der Waals surface area contributed by atoms with Crippen LogP contribution in [0.25, 0.3) is 0 Å². The van der Waals surface area contributed by atoms with Crippen LogP contribution in [0.3, 0.4) is 0 Å². The Morgan fingerprint density at radius 2 is 2.21 bits per heavy atom. The molecule has 0 saturated carbocycles. The summed E-state index contributed by atoms with van der Waals surface area (Å²) in [4.78, 5) is 13.2. The molecule has 11 heteroatoms. The van der Waals surface area contributed by atoms with Crippen LogP contribution in [0.4, 0.5) is 8.78 Å². The average Bonchev–Trinajstić information content (AvgIpc) is 2.66. The van der Waals surface area contributed by atoms with Crippen molar-refractivity contribution in [2.24, 2.45) is 5.90 Å². The largest absolute Gasteiger partial charge is 0.437 e. The first kappa shape index (κ1) is 12.7. The van der Waals surface area contributed by atoms with E-state index in [1.54, 1.807) is 0 Å². The van der Waals surface area contributed by atoms with Crippen LogP contribution < -0.4 is 5.90 Å². The molecule has 2 unspecified atom stereocenters. The maximum atomic E-state index is 12.7. The average molecular weight is 297 g/mol. The Bertz CT molecular complexity index is 579. The van der Waals surface area contributed by atoms with Crippen molar-refractivity contribution in [1.29, 1.82) is 0 Å². The summed E-state index contributed by atoms with van der Waals surface area (Å²) in [6.45, 7) is 0. The van der Waals surface area contributed by atoms with Crippen molar-refractivity contribution in [2.45, 2.75) is 30.8 Å². The number of amides is 1. The van der Waals surface area contributed by atoms with Gasteiger partial charge in [-0.05, 0) is 12.8 Å². The number of hydrogen-bond acceptors (Lipinski definition) is 7. The quantitative estimate of drug-likeness (QED) is 0.536. The molecule has 1 spiro atoms. The fourth-order valence-electron chi connectivity index (χ4n) is 2.75. The molecule has 1 amide bonds. The maximum Gasteiger partial charge on any atom is 0.437 e. The van der Waals surface area contributed by atoms with Crippen molar-refractivity contribution >= 4 is 16.3 Å². The van der Waals surface area contributed by atoms with Crippen LogP contribution in [0.5, 0.6) is 0 Å². The Morgan fingerprint density at radius 1 is 1.53 bits per heavy atom. The van der Waals surface area contributed by atoms with Gasteiger partial charge in [0.25, 0.3) is 12.3 Å². The Balaban J connectivity index is 1.82. The number of halogens is 2. The van der Waals surface area contributed by atoms with Crippen LogP contribution >= 0.6 is 0 Å². The van der Waals surface area contributed by atoms with Crippen molar-refractivity contribution in [1.82, 2.24) is 9.96 Å². The summed E-state index contributed by atoms with van der Waals surface area (Å²) in [7, 11) is -4.52. The molecule has 3 heterocycles. The van der Waals surface area contributed by atoms with Gasteiger partial charge in [-0.2, -0.15) is 23.7 Å². The fourth-order valence-corrected chi connectivity index (χ4v) is 3.11. The number of nitrogens with zero attached hydrogens (tertiary/aromatic N) is 2. The minimum atomic E-state index is -4.52. The van der Waals surface area contributed by atoms with E-state index in [1.807, 2.05) is 0 Å². The third kappa shape index (κ3) is 1.40. The first-order valence-corrected chi connectivity index (χ1v) is 6.63. The van der Waals surface area contributed by atoms with Gasteiger partial charge in [0.05, 0.1) is 6.04 Å². The normalized spacial score (nSPS) is 32.7. The lowest BCUT2D eigenvalue weighted by Crippen LogP contribution is -2.75. The van der Waals surface area contributed by atoms with E-state index in [0.29, 0.717) is 5.06 Å². The van der Waals surface area contributed by atoms with E-state index in [1.165, 1.54) is 11.1 Å². The SMILES string of the molecule is NOS(=O)(=O)ON1C(=O)C23CCC(C(F)F)N2C=C13. The zero-order valence-electron chi connectivity index (χ0n) is 9.32. The van der Waals surface area contributed by atoms with Crippen molar-refractivity contribution in [3.63, 3.8) is 0 Å². The van der Waals surface area contributed by atoms with E-state index < -0.39 is 34.3 Å². The lowest BCUT2D eigenvalue weighted by molar-refractivity contribution is -0.196. The standard InChI is InChI=1S/C8H9F2N3O5S/c9-6(10)4-1-2-8-5(3-12(4)8)13(7(8)14)18-19(15,16)17-11/h3-4,6H,1-2,11H2. The number of rotatable bonds is 4. The Hall–Kier alpha value is -1.30. The molecule has 19 heavy (non-hydrogen) atoms. The highest BCUT2D eigenvalue weighted by atomic mass is 32.3. The summed E-state index contributed by atoms with van der Waals surface area (Å²) in [5.41, 5.74) is -0.938. The zero-order valence-corrected chi connectivity index (χ0v) is 10.1. The number of nitrogens with two attached hydrogens (primary N) is 1. The molecular formula is C8H9F2N3O5S. The zero-order chi connectivity index (χ0) is 14.0. The third-order valence-electron chi connectivity index (χ3n) is 3.62. The van der Waals surface area contributed by atoms with Gasteiger partial charge in [0.1, 0.15) is 5.70 Å². The summed E-state index contributed by atoms with van der Waals surface area (Å²) >= 11 is 0. The molecule has 8 nitrogen and oxygen atoms in total. The molecule has 2 saturated heterocycles. The van der Waals surface area contributed by atoms with Crippen LogP contribution in [-0.2, 0) is 23.8 Å². The lowest BCUT2D eigenvalue weighted by Gasteiger charge is -2.58. The van der Waals surface area contributed by atoms with Gasteiger partial charge < -0.3 is 4.90 Å². The molecule has 3 aliphatic rings. The Labute approximate surface area is 106 Å². The van der Waals surface area contributed by atoms with Crippen LogP contribution in [0.15, 0.2) is 11.9 Å². The molecule has 2 N–H and O–H groups in total. The number of hydroxylamine groups is 2. The van der Waals surface area contributed by atoms with Crippen LogP contribution in [-0.4, -0.2) is 42.3 Å². The molecule has 0 aromatic carbocycles. The molecule has 0 bridgehead atoms. The summed E-state index contributed by atoms with van der Waals surface area (Å²) in [6, 6.07) is -1.03. The van der Waals surface area contributed by atoms with Gasteiger partial charge in [0.15, 0.2) is 5.54 Å². The molecule has 0 radical (unpaired) electrons. The molecule has 2 atom stereocenters. The van der Waals surface area contributed by atoms with E-state index in [0.717, 1.165) is 0 Å². The van der Waals surface area contributed by atoms with E-state index in [-0.39, 0.29) is 18.5 Å². The smallest absolute Gasteiger partial charge is 0.348 e. The second-order valence-electron chi connectivity index (χ2n) is 4.40. The summed E-state index contributed by atoms with van der Waals surface area (Å²) < 4.78 is 55.2. The monoisotopic (exact) mass is 297 g/mol. The Kier molecular flexibility index (Phi) is 2.43. The highest BCUT2D eigenvalue weighted by Crippen LogP contribution is 2.57. The lowest BCUT2D eigenvalue weighted by atomic mass is 9.79. The van der Waals surface area contributed by atoms with Gasteiger partial charge in [-0.1, -0.05) is 0 Å². The van der Waals surface area contributed by atoms with Crippen LogP contribution in [0.1, 0.15) is 12.8 Å². The van der Waals surface area contributed by atoms with Crippen molar-refractivity contribution in [2.75, 3.05) is 0 Å². The third-order valence-corrected chi connectivity index (χ3v) is 4.18. The minimum absolute atomic E-state index is 0.150. The summed E-state index contributed by atoms with van der Waals surface area (Å²) in [5.74, 6) is 3.75. The van der Waals surface area contributed by atoms with Gasteiger partial charge in [-0.25, -0.2) is 8.78 Å². The molecule has 106 valence electrons. The number of carbonyl (C=O) groups excluding carboxylic acids is 1. The van der Waals surface area contributed by atoms with Gasteiger partial charge in [-0.15, -0.1) is 4.28 Å². The van der Waals surface area contributed by atoms with Crippen molar-refractivity contribution in [3.05, 3.63) is 11.9 Å². The molecule has 0 aromatic rings. The molecule has 2 fully saturated rings. The molecule has 3 rings (SSSR count). The second kappa shape index (κ2) is 3.62. The molecule has 3 aliphatic heterocycles. The molecule has 0 aliphatic carbocycles. The summed E-state index contributed by atoms with van der Waals surface area (Å²) in [5, 5.41) is 0.493. The predicted molar refractivity (Wildman–Crippen MR) is 53.8 cm³/mol. The summed E-state index contributed by atoms with van der Waals surface area (Å²) in [6.07, 6.45) is -0.943. The molecule has 0 aromatic heterocycles. The number of carbonyl (C=O) groups is 1. The first-order valence-electron chi connectivity index (χ1n) is 5.30.